The highest BCUT2D eigenvalue weighted by Crippen LogP contribution is 2.27. The SMILES string of the molecule is CC(C(=O)OC(C)(C)C)C(O)c1ccc(Cl)c(F)c1. The average molecular weight is 289 g/mol. The number of carbonyl (C=O) groups is 1. The van der Waals surface area contributed by atoms with Crippen LogP contribution in [0.5, 0.6) is 0 Å². The summed E-state index contributed by atoms with van der Waals surface area (Å²) in [6, 6.07) is 3.95. The fourth-order valence-electron chi connectivity index (χ4n) is 1.51. The molecule has 0 saturated heterocycles. The van der Waals surface area contributed by atoms with Gasteiger partial charge in [0.25, 0.3) is 0 Å². The van der Waals surface area contributed by atoms with Crippen molar-refractivity contribution in [2.24, 2.45) is 5.92 Å². The van der Waals surface area contributed by atoms with Crippen molar-refractivity contribution in [3.8, 4) is 0 Å². The monoisotopic (exact) mass is 288 g/mol. The minimum Gasteiger partial charge on any atom is -0.460 e. The van der Waals surface area contributed by atoms with E-state index < -0.39 is 29.4 Å². The normalized spacial score (nSPS) is 14.9. The number of benzene rings is 1. The summed E-state index contributed by atoms with van der Waals surface area (Å²) in [5.41, 5.74) is -0.337. The predicted molar refractivity (Wildman–Crippen MR) is 71.4 cm³/mol. The van der Waals surface area contributed by atoms with Crippen LogP contribution in [0.15, 0.2) is 18.2 Å². The van der Waals surface area contributed by atoms with Crippen LogP contribution in [-0.2, 0) is 9.53 Å². The number of rotatable bonds is 3. The number of esters is 1. The first kappa shape index (κ1) is 15.9. The number of carbonyl (C=O) groups excluding carboxylic acids is 1. The summed E-state index contributed by atoms with van der Waals surface area (Å²) >= 11 is 5.57. The first-order chi connectivity index (χ1) is 8.61. The lowest BCUT2D eigenvalue weighted by atomic mass is 9.97. The van der Waals surface area contributed by atoms with Crippen molar-refractivity contribution >= 4 is 17.6 Å². The van der Waals surface area contributed by atoms with Gasteiger partial charge in [-0.15, -0.1) is 0 Å². The maximum Gasteiger partial charge on any atom is 0.312 e. The summed E-state index contributed by atoms with van der Waals surface area (Å²) in [5, 5.41) is 10.0. The number of aliphatic hydroxyl groups excluding tert-OH is 1. The molecule has 0 heterocycles. The molecule has 0 saturated carbocycles. The van der Waals surface area contributed by atoms with Gasteiger partial charge in [0.15, 0.2) is 0 Å². The summed E-state index contributed by atoms with van der Waals surface area (Å²) in [5.74, 6) is -1.95. The summed E-state index contributed by atoms with van der Waals surface area (Å²) in [6.07, 6.45) is -1.14. The lowest BCUT2D eigenvalue weighted by molar-refractivity contribution is -0.163. The van der Waals surface area contributed by atoms with Gasteiger partial charge in [-0.05, 0) is 45.4 Å². The Hall–Kier alpha value is -1.13. The van der Waals surface area contributed by atoms with E-state index in [2.05, 4.69) is 0 Å². The Bertz CT molecular complexity index is 468. The van der Waals surface area contributed by atoms with E-state index >= 15 is 0 Å². The van der Waals surface area contributed by atoms with Crippen LogP contribution in [0.3, 0.4) is 0 Å². The Morgan fingerprint density at radius 3 is 2.47 bits per heavy atom. The van der Waals surface area contributed by atoms with Crippen molar-refractivity contribution in [3.05, 3.63) is 34.6 Å². The van der Waals surface area contributed by atoms with Gasteiger partial charge in [0.05, 0.1) is 17.0 Å². The van der Waals surface area contributed by atoms with Crippen LogP contribution in [0.4, 0.5) is 4.39 Å². The van der Waals surface area contributed by atoms with Crippen LogP contribution >= 0.6 is 11.6 Å². The van der Waals surface area contributed by atoms with E-state index in [0.29, 0.717) is 5.56 Å². The molecule has 3 nitrogen and oxygen atoms in total. The molecule has 19 heavy (non-hydrogen) atoms. The van der Waals surface area contributed by atoms with E-state index in [4.69, 9.17) is 16.3 Å². The van der Waals surface area contributed by atoms with Gasteiger partial charge in [-0.3, -0.25) is 4.79 Å². The molecule has 0 aromatic heterocycles. The van der Waals surface area contributed by atoms with E-state index in [1.54, 1.807) is 20.8 Å². The largest absolute Gasteiger partial charge is 0.460 e. The van der Waals surface area contributed by atoms with Crippen LogP contribution in [0, 0.1) is 11.7 Å². The molecule has 0 radical (unpaired) electrons. The standard InChI is InChI=1S/C14H18ClFO3/c1-8(13(18)19-14(2,3)4)12(17)9-5-6-10(15)11(16)7-9/h5-8,12,17H,1-4H3. The molecule has 106 valence electrons. The molecule has 1 aromatic rings. The smallest absolute Gasteiger partial charge is 0.312 e. The Kier molecular flexibility index (Phi) is 4.93. The van der Waals surface area contributed by atoms with Crippen LogP contribution in [-0.4, -0.2) is 16.7 Å². The number of hydrogen-bond donors (Lipinski definition) is 1. The van der Waals surface area contributed by atoms with E-state index in [0.717, 1.165) is 6.07 Å². The van der Waals surface area contributed by atoms with Crippen molar-refractivity contribution in [2.45, 2.75) is 39.4 Å². The van der Waals surface area contributed by atoms with Crippen molar-refractivity contribution in [3.63, 3.8) is 0 Å². The zero-order chi connectivity index (χ0) is 14.8. The third-order valence-corrected chi connectivity index (χ3v) is 2.84. The molecular weight excluding hydrogens is 271 g/mol. The molecule has 0 spiro atoms. The van der Waals surface area contributed by atoms with Crippen molar-refractivity contribution in [2.75, 3.05) is 0 Å². The second-order valence-electron chi connectivity index (χ2n) is 5.44. The molecule has 0 aliphatic heterocycles. The van der Waals surface area contributed by atoms with Crippen molar-refractivity contribution < 1.29 is 19.0 Å². The molecule has 1 N–H and O–H groups in total. The molecule has 0 bridgehead atoms. The topological polar surface area (TPSA) is 46.5 Å². The Labute approximate surface area is 117 Å². The quantitative estimate of drug-likeness (QED) is 0.866. The Morgan fingerprint density at radius 1 is 1.42 bits per heavy atom. The van der Waals surface area contributed by atoms with Gasteiger partial charge in [0.2, 0.25) is 0 Å². The molecule has 0 amide bonds. The second-order valence-corrected chi connectivity index (χ2v) is 5.85. The third kappa shape index (κ3) is 4.48. The van der Waals surface area contributed by atoms with Crippen LogP contribution in [0.2, 0.25) is 5.02 Å². The van der Waals surface area contributed by atoms with Crippen molar-refractivity contribution in [1.82, 2.24) is 0 Å². The molecule has 2 unspecified atom stereocenters. The van der Waals surface area contributed by atoms with E-state index in [9.17, 15) is 14.3 Å². The number of hydrogen-bond acceptors (Lipinski definition) is 3. The molecule has 0 aliphatic carbocycles. The molecule has 0 fully saturated rings. The maximum absolute atomic E-state index is 13.3. The highest BCUT2D eigenvalue weighted by atomic mass is 35.5. The van der Waals surface area contributed by atoms with E-state index in [1.165, 1.54) is 19.1 Å². The van der Waals surface area contributed by atoms with Crippen LogP contribution in [0.1, 0.15) is 39.4 Å². The van der Waals surface area contributed by atoms with Gasteiger partial charge < -0.3 is 9.84 Å². The first-order valence-electron chi connectivity index (χ1n) is 5.97. The molecular formula is C14H18ClFO3. The Morgan fingerprint density at radius 2 is 2.00 bits per heavy atom. The van der Waals surface area contributed by atoms with E-state index in [-0.39, 0.29) is 5.02 Å². The Balaban J connectivity index is 2.84. The van der Waals surface area contributed by atoms with Gasteiger partial charge in [-0.1, -0.05) is 17.7 Å². The lowest BCUT2D eigenvalue weighted by Crippen LogP contribution is -2.30. The lowest BCUT2D eigenvalue weighted by Gasteiger charge is -2.24. The first-order valence-corrected chi connectivity index (χ1v) is 6.35. The van der Waals surface area contributed by atoms with Gasteiger partial charge >= 0.3 is 5.97 Å². The summed E-state index contributed by atoms with van der Waals surface area (Å²) in [4.78, 5) is 11.8. The zero-order valence-corrected chi connectivity index (χ0v) is 12.2. The summed E-state index contributed by atoms with van der Waals surface area (Å²) < 4.78 is 18.5. The molecule has 2 atom stereocenters. The predicted octanol–water partition coefficient (Wildman–Crippen LogP) is 3.49. The minimum atomic E-state index is -1.14. The van der Waals surface area contributed by atoms with Gasteiger partial charge in [-0.25, -0.2) is 4.39 Å². The molecule has 1 rings (SSSR count). The highest BCUT2D eigenvalue weighted by Gasteiger charge is 2.28. The van der Waals surface area contributed by atoms with Crippen LogP contribution in [0.25, 0.3) is 0 Å². The highest BCUT2D eigenvalue weighted by molar-refractivity contribution is 6.30. The fourth-order valence-corrected chi connectivity index (χ4v) is 1.63. The fraction of sp³-hybridized carbons (Fsp3) is 0.500. The maximum atomic E-state index is 13.3. The number of halogens is 2. The third-order valence-electron chi connectivity index (χ3n) is 2.54. The zero-order valence-electron chi connectivity index (χ0n) is 11.4. The van der Waals surface area contributed by atoms with Crippen LogP contribution < -0.4 is 0 Å². The van der Waals surface area contributed by atoms with Crippen molar-refractivity contribution in [1.29, 1.82) is 0 Å². The summed E-state index contributed by atoms with van der Waals surface area (Å²) in [6.45, 7) is 6.76. The molecule has 0 aliphatic rings. The summed E-state index contributed by atoms with van der Waals surface area (Å²) in [7, 11) is 0. The average Bonchev–Trinajstić information content (AvgIpc) is 2.28. The number of aliphatic hydroxyl groups is 1. The second kappa shape index (κ2) is 5.88. The molecule has 5 heteroatoms. The van der Waals surface area contributed by atoms with E-state index in [1.807, 2.05) is 0 Å². The number of ether oxygens (including phenoxy) is 1. The minimum absolute atomic E-state index is 0.0270. The van der Waals surface area contributed by atoms with Gasteiger partial charge in [0, 0.05) is 0 Å². The van der Waals surface area contributed by atoms with Gasteiger partial charge in [0.1, 0.15) is 11.4 Å². The molecule has 1 aromatic carbocycles. The van der Waals surface area contributed by atoms with Gasteiger partial charge in [-0.2, -0.15) is 0 Å².